The van der Waals surface area contributed by atoms with Crippen molar-refractivity contribution in [3.05, 3.63) is 11.6 Å². The quantitative estimate of drug-likeness (QED) is 0.755. The van der Waals surface area contributed by atoms with Crippen LogP contribution in [0.5, 0.6) is 0 Å². The van der Waals surface area contributed by atoms with Crippen LogP contribution >= 0.6 is 0 Å². The van der Waals surface area contributed by atoms with E-state index in [-0.39, 0.29) is 5.41 Å². The van der Waals surface area contributed by atoms with Crippen molar-refractivity contribution >= 4 is 12.1 Å². The van der Waals surface area contributed by atoms with Crippen molar-refractivity contribution in [2.75, 3.05) is 0 Å². The Morgan fingerprint density at radius 3 is 2.78 bits per heavy atom. The topological polar surface area (TPSA) is 54.4 Å². The van der Waals surface area contributed by atoms with Gasteiger partial charge < -0.3 is 9.90 Å². The molecule has 7 atom stereocenters. The third-order valence-electron chi connectivity index (χ3n) is 8.05. The number of carbonyl (C=O) groups is 2. The van der Waals surface area contributed by atoms with Gasteiger partial charge in [0.15, 0.2) is 12.1 Å². The van der Waals surface area contributed by atoms with E-state index in [2.05, 4.69) is 13.8 Å². The molecule has 5 unspecified atom stereocenters. The first-order chi connectivity index (χ1) is 10.9. The second-order valence-corrected chi connectivity index (χ2v) is 8.90. The average Bonchev–Trinajstić information content (AvgIpc) is 2.79. The Kier molecular flexibility index (Phi) is 3.39. The van der Waals surface area contributed by atoms with Crippen LogP contribution < -0.4 is 0 Å². The van der Waals surface area contributed by atoms with E-state index in [0.717, 1.165) is 38.4 Å². The van der Waals surface area contributed by atoms with Gasteiger partial charge in [0.25, 0.3) is 0 Å². The molecule has 3 saturated carbocycles. The second-order valence-electron chi connectivity index (χ2n) is 8.90. The van der Waals surface area contributed by atoms with Gasteiger partial charge in [0.2, 0.25) is 0 Å². The lowest BCUT2D eigenvalue weighted by Crippen LogP contribution is -2.55. The van der Waals surface area contributed by atoms with Gasteiger partial charge in [0.1, 0.15) is 5.60 Å². The first-order valence-corrected chi connectivity index (χ1v) is 9.31. The Balaban J connectivity index is 1.70. The Morgan fingerprint density at radius 1 is 1.26 bits per heavy atom. The first-order valence-electron chi connectivity index (χ1n) is 9.31. The monoisotopic (exact) mass is 316 g/mol. The van der Waals surface area contributed by atoms with Crippen molar-refractivity contribution in [2.24, 2.45) is 35.0 Å². The highest BCUT2D eigenvalue weighted by atomic mass is 16.3. The summed E-state index contributed by atoms with van der Waals surface area (Å²) in [4.78, 5) is 23.4. The molecule has 0 aromatic heterocycles. The van der Waals surface area contributed by atoms with E-state index in [9.17, 15) is 14.7 Å². The van der Waals surface area contributed by atoms with Crippen molar-refractivity contribution in [3.8, 4) is 0 Å². The molecule has 0 aromatic rings. The highest BCUT2D eigenvalue weighted by Gasteiger charge is 2.63. The van der Waals surface area contributed by atoms with Crippen LogP contribution in [0.1, 0.15) is 58.8 Å². The maximum Gasteiger partial charge on any atom is 0.155 e. The van der Waals surface area contributed by atoms with E-state index in [1.165, 1.54) is 5.57 Å². The number of hydrogen-bond donors (Lipinski definition) is 1. The van der Waals surface area contributed by atoms with Crippen LogP contribution in [-0.2, 0) is 9.59 Å². The summed E-state index contributed by atoms with van der Waals surface area (Å²) in [5.74, 6) is 3.11. The summed E-state index contributed by atoms with van der Waals surface area (Å²) in [5, 5.41) is 10.9. The predicted molar refractivity (Wildman–Crippen MR) is 87.7 cm³/mol. The molecule has 3 fully saturated rings. The minimum Gasteiger partial charge on any atom is -0.382 e. The summed E-state index contributed by atoms with van der Waals surface area (Å²) in [6, 6.07) is 0. The zero-order valence-corrected chi connectivity index (χ0v) is 14.3. The molecule has 0 aliphatic heterocycles. The standard InChI is InChI=1S/C20H28O3/c1-12-9-13-10-14(22)3-4-15(13)16-5-7-19(2)17(18(12)16)6-8-20(19,23)11-21/h10-12,15-18,23H,3-9H2,1-2H3/t12?,15?,16?,17?,18?,19-,20+/m0/s1. The minimum atomic E-state index is -1.12. The summed E-state index contributed by atoms with van der Waals surface area (Å²) < 4.78 is 0. The van der Waals surface area contributed by atoms with Crippen molar-refractivity contribution in [1.82, 2.24) is 0 Å². The molecule has 3 nitrogen and oxygen atoms in total. The zero-order valence-electron chi connectivity index (χ0n) is 14.3. The average molecular weight is 316 g/mol. The molecule has 126 valence electrons. The lowest BCUT2D eigenvalue weighted by molar-refractivity contribution is -0.149. The molecular formula is C20H28O3. The van der Waals surface area contributed by atoms with E-state index in [4.69, 9.17) is 0 Å². The fourth-order valence-electron chi connectivity index (χ4n) is 6.84. The fourth-order valence-corrected chi connectivity index (χ4v) is 6.84. The number of hydrogen-bond acceptors (Lipinski definition) is 3. The van der Waals surface area contributed by atoms with Gasteiger partial charge in [-0.05, 0) is 74.2 Å². The van der Waals surface area contributed by atoms with Crippen LogP contribution in [-0.4, -0.2) is 22.8 Å². The van der Waals surface area contributed by atoms with Crippen LogP contribution in [0, 0.1) is 35.0 Å². The molecule has 0 saturated heterocycles. The lowest BCUT2D eigenvalue weighted by Gasteiger charge is -2.56. The van der Waals surface area contributed by atoms with Gasteiger partial charge in [0.05, 0.1) is 0 Å². The van der Waals surface area contributed by atoms with Gasteiger partial charge in [-0.3, -0.25) is 4.79 Å². The van der Waals surface area contributed by atoms with Crippen LogP contribution in [0.2, 0.25) is 0 Å². The molecule has 1 N–H and O–H groups in total. The minimum absolute atomic E-state index is 0.254. The maximum absolute atomic E-state index is 11.8. The normalized spacial score (nSPS) is 52.2. The molecule has 0 spiro atoms. The van der Waals surface area contributed by atoms with Gasteiger partial charge in [-0.1, -0.05) is 19.4 Å². The molecule has 0 aromatic carbocycles. The zero-order chi connectivity index (χ0) is 16.4. The van der Waals surface area contributed by atoms with E-state index in [0.29, 0.717) is 48.2 Å². The molecule has 4 aliphatic carbocycles. The van der Waals surface area contributed by atoms with Gasteiger partial charge in [0, 0.05) is 11.8 Å². The third-order valence-corrected chi connectivity index (χ3v) is 8.05. The van der Waals surface area contributed by atoms with E-state index >= 15 is 0 Å². The molecule has 4 rings (SSSR count). The molecule has 0 bridgehead atoms. The van der Waals surface area contributed by atoms with Crippen LogP contribution in [0.4, 0.5) is 0 Å². The smallest absolute Gasteiger partial charge is 0.155 e. The largest absolute Gasteiger partial charge is 0.382 e. The highest BCUT2D eigenvalue weighted by molar-refractivity contribution is 5.91. The molecule has 0 amide bonds. The Bertz CT molecular complexity index is 579. The molecule has 4 aliphatic rings. The number of ketones is 1. The molecule has 0 radical (unpaired) electrons. The van der Waals surface area contributed by atoms with Crippen molar-refractivity contribution in [3.63, 3.8) is 0 Å². The van der Waals surface area contributed by atoms with Gasteiger partial charge in [-0.25, -0.2) is 0 Å². The predicted octanol–water partition coefficient (Wildman–Crippen LogP) is 3.30. The maximum atomic E-state index is 11.8. The van der Waals surface area contributed by atoms with E-state index in [1.807, 2.05) is 6.08 Å². The summed E-state index contributed by atoms with van der Waals surface area (Å²) >= 11 is 0. The number of carbonyl (C=O) groups excluding carboxylic acids is 2. The van der Waals surface area contributed by atoms with Gasteiger partial charge >= 0.3 is 0 Å². The Hall–Kier alpha value is -0.960. The van der Waals surface area contributed by atoms with E-state index in [1.54, 1.807) is 0 Å². The van der Waals surface area contributed by atoms with E-state index < -0.39 is 5.60 Å². The van der Waals surface area contributed by atoms with Gasteiger partial charge in [-0.2, -0.15) is 0 Å². The van der Waals surface area contributed by atoms with Crippen LogP contribution in [0.15, 0.2) is 11.6 Å². The lowest BCUT2D eigenvalue weighted by atomic mass is 9.48. The Labute approximate surface area is 138 Å². The summed E-state index contributed by atoms with van der Waals surface area (Å²) in [6.07, 6.45) is 9.14. The molecule has 23 heavy (non-hydrogen) atoms. The van der Waals surface area contributed by atoms with Crippen molar-refractivity contribution < 1.29 is 14.7 Å². The van der Waals surface area contributed by atoms with Crippen LogP contribution in [0.25, 0.3) is 0 Å². The fraction of sp³-hybridized carbons (Fsp3) is 0.800. The summed E-state index contributed by atoms with van der Waals surface area (Å²) in [5.41, 5.74) is 0.0129. The molecular weight excluding hydrogens is 288 g/mol. The summed E-state index contributed by atoms with van der Waals surface area (Å²) in [6.45, 7) is 4.47. The number of rotatable bonds is 1. The van der Waals surface area contributed by atoms with Gasteiger partial charge in [-0.15, -0.1) is 0 Å². The molecule has 3 heteroatoms. The number of fused-ring (bicyclic) bond motifs is 5. The Morgan fingerprint density at radius 2 is 2.04 bits per heavy atom. The number of allylic oxidation sites excluding steroid dienone is 1. The second kappa shape index (κ2) is 5.02. The molecule has 0 heterocycles. The van der Waals surface area contributed by atoms with Crippen molar-refractivity contribution in [2.45, 2.75) is 64.4 Å². The SMILES string of the molecule is CC1CC2=CC(=O)CCC2C2CC[C@@]3(C)C(CC[C@@]3(O)C=O)C12. The van der Waals surface area contributed by atoms with Crippen molar-refractivity contribution in [1.29, 1.82) is 0 Å². The number of aliphatic hydroxyl groups is 1. The summed E-state index contributed by atoms with van der Waals surface area (Å²) in [7, 11) is 0. The van der Waals surface area contributed by atoms with Crippen LogP contribution in [0.3, 0.4) is 0 Å². The first kappa shape index (κ1) is 15.6. The highest BCUT2D eigenvalue weighted by Crippen LogP contribution is 2.65. The number of aldehydes is 1. The third kappa shape index (κ3) is 1.98.